The molecule has 3 aromatic rings. The third-order valence-corrected chi connectivity index (χ3v) is 4.96. The first-order valence-electron chi connectivity index (χ1n) is 10.1. The summed E-state index contributed by atoms with van der Waals surface area (Å²) < 4.78 is 6.49. The van der Waals surface area contributed by atoms with Gasteiger partial charge in [0, 0.05) is 13.0 Å². The Balaban J connectivity index is 1.52. The molecule has 0 bridgehead atoms. The number of carbonyl (C=O) groups excluding carboxylic acids is 4. The van der Waals surface area contributed by atoms with E-state index in [0.717, 1.165) is 4.90 Å². The monoisotopic (exact) mass is 432 g/mol. The van der Waals surface area contributed by atoms with E-state index in [1.807, 2.05) is 6.07 Å². The third kappa shape index (κ3) is 3.87. The van der Waals surface area contributed by atoms with Gasteiger partial charge < -0.3 is 10.1 Å². The maximum atomic E-state index is 12.7. The summed E-state index contributed by atoms with van der Waals surface area (Å²) in [5, 5.41) is 6.90. The second-order valence-electron chi connectivity index (χ2n) is 6.98. The van der Waals surface area contributed by atoms with E-state index in [2.05, 4.69) is 10.4 Å². The lowest BCUT2D eigenvalue weighted by molar-refractivity contribution is -0.116. The number of rotatable bonds is 7. The summed E-state index contributed by atoms with van der Waals surface area (Å²) in [5.41, 5.74) is 1.39. The molecule has 0 unspecified atom stereocenters. The molecular weight excluding hydrogens is 412 g/mol. The van der Waals surface area contributed by atoms with Crippen molar-refractivity contribution in [1.29, 1.82) is 0 Å². The van der Waals surface area contributed by atoms with Gasteiger partial charge in [-0.05, 0) is 31.2 Å². The second-order valence-corrected chi connectivity index (χ2v) is 6.98. The van der Waals surface area contributed by atoms with Crippen LogP contribution in [0.25, 0.3) is 5.69 Å². The maximum absolute atomic E-state index is 12.7. The number of benzene rings is 2. The number of ether oxygens (including phenoxy) is 1. The number of fused-ring (bicyclic) bond motifs is 1. The Morgan fingerprint density at radius 1 is 0.969 bits per heavy atom. The van der Waals surface area contributed by atoms with Crippen molar-refractivity contribution >= 4 is 29.5 Å². The summed E-state index contributed by atoms with van der Waals surface area (Å²) in [6, 6.07) is 15.5. The molecule has 0 saturated carbocycles. The number of esters is 1. The number of amides is 3. The van der Waals surface area contributed by atoms with E-state index in [9.17, 15) is 19.2 Å². The first-order chi connectivity index (χ1) is 15.5. The van der Waals surface area contributed by atoms with Gasteiger partial charge in [0.15, 0.2) is 5.82 Å². The highest BCUT2D eigenvalue weighted by molar-refractivity contribution is 6.21. The Kier molecular flexibility index (Phi) is 5.80. The van der Waals surface area contributed by atoms with Crippen LogP contribution in [0.2, 0.25) is 0 Å². The minimum absolute atomic E-state index is 0.0909. The van der Waals surface area contributed by atoms with Gasteiger partial charge in [-0.25, -0.2) is 9.48 Å². The van der Waals surface area contributed by atoms with Crippen LogP contribution in [0.5, 0.6) is 0 Å². The lowest BCUT2D eigenvalue weighted by Crippen LogP contribution is -2.33. The molecule has 0 spiro atoms. The molecule has 162 valence electrons. The van der Waals surface area contributed by atoms with Crippen LogP contribution in [0.3, 0.4) is 0 Å². The van der Waals surface area contributed by atoms with Gasteiger partial charge in [0.25, 0.3) is 11.8 Å². The van der Waals surface area contributed by atoms with Crippen LogP contribution in [0.4, 0.5) is 5.82 Å². The molecule has 1 N–H and O–H groups in total. The normalized spacial score (nSPS) is 12.6. The average molecular weight is 432 g/mol. The van der Waals surface area contributed by atoms with Crippen molar-refractivity contribution in [3.05, 3.63) is 77.5 Å². The molecule has 1 aliphatic rings. The van der Waals surface area contributed by atoms with E-state index in [1.165, 1.54) is 10.9 Å². The first kappa shape index (κ1) is 21.0. The Hall–Kier alpha value is -4.27. The quantitative estimate of drug-likeness (QED) is 0.454. The molecule has 2 heterocycles. The van der Waals surface area contributed by atoms with Gasteiger partial charge in [-0.1, -0.05) is 30.3 Å². The van der Waals surface area contributed by atoms with E-state index < -0.39 is 23.7 Å². The highest BCUT2D eigenvalue weighted by atomic mass is 16.5. The largest absolute Gasteiger partial charge is 0.462 e. The average Bonchev–Trinajstić information content (AvgIpc) is 3.32. The Bertz CT molecular complexity index is 1170. The summed E-state index contributed by atoms with van der Waals surface area (Å²) in [4.78, 5) is 51.1. The van der Waals surface area contributed by atoms with Gasteiger partial charge in [-0.2, -0.15) is 5.10 Å². The molecule has 1 aromatic heterocycles. The molecule has 0 radical (unpaired) electrons. The minimum atomic E-state index is -0.620. The number of nitrogens with one attached hydrogen (secondary N) is 1. The second kappa shape index (κ2) is 8.84. The Morgan fingerprint density at radius 3 is 2.22 bits per heavy atom. The lowest BCUT2D eigenvalue weighted by atomic mass is 10.1. The van der Waals surface area contributed by atoms with Gasteiger partial charge in [0.05, 0.1) is 29.6 Å². The zero-order valence-electron chi connectivity index (χ0n) is 17.3. The molecule has 0 aliphatic carbocycles. The Labute approximate surface area is 183 Å². The minimum Gasteiger partial charge on any atom is -0.462 e. The fourth-order valence-electron chi connectivity index (χ4n) is 3.44. The van der Waals surface area contributed by atoms with E-state index >= 15 is 0 Å². The molecule has 9 nitrogen and oxygen atoms in total. The molecule has 0 saturated heterocycles. The van der Waals surface area contributed by atoms with Gasteiger partial charge in [-0.3, -0.25) is 19.3 Å². The fraction of sp³-hybridized carbons (Fsp3) is 0.174. The number of carbonyl (C=O) groups is 4. The van der Waals surface area contributed by atoms with Crippen LogP contribution in [0.15, 0.2) is 60.8 Å². The zero-order chi connectivity index (χ0) is 22.7. The summed E-state index contributed by atoms with van der Waals surface area (Å²) in [6.07, 6.45) is 1.18. The van der Waals surface area contributed by atoms with Crippen LogP contribution in [0.1, 0.15) is 44.4 Å². The topological polar surface area (TPSA) is 111 Å². The van der Waals surface area contributed by atoms with Crippen molar-refractivity contribution in [3.63, 3.8) is 0 Å². The molecule has 9 heteroatoms. The van der Waals surface area contributed by atoms with Crippen molar-refractivity contribution in [3.8, 4) is 5.69 Å². The molecular formula is C23H20N4O5. The summed E-state index contributed by atoms with van der Waals surface area (Å²) in [7, 11) is 0. The van der Waals surface area contributed by atoms with Gasteiger partial charge >= 0.3 is 5.97 Å². The van der Waals surface area contributed by atoms with Crippen molar-refractivity contribution in [2.75, 3.05) is 18.5 Å². The maximum Gasteiger partial charge on any atom is 0.343 e. The van der Waals surface area contributed by atoms with Gasteiger partial charge in [-0.15, -0.1) is 0 Å². The summed E-state index contributed by atoms with van der Waals surface area (Å²) in [5.74, 6) is -1.81. The molecule has 2 aromatic carbocycles. The highest BCUT2D eigenvalue weighted by Gasteiger charge is 2.35. The number of hydrogen-bond acceptors (Lipinski definition) is 6. The highest BCUT2D eigenvalue weighted by Crippen LogP contribution is 2.24. The van der Waals surface area contributed by atoms with Crippen LogP contribution >= 0.6 is 0 Å². The molecule has 4 rings (SSSR count). The molecule has 32 heavy (non-hydrogen) atoms. The van der Waals surface area contributed by atoms with E-state index in [-0.39, 0.29) is 31.0 Å². The third-order valence-electron chi connectivity index (χ3n) is 4.96. The van der Waals surface area contributed by atoms with Crippen molar-refractivity contribution in [2.45, 2.75) is 13.3 Å². The summed E-state index contributed by atoms with van der Waals surface area (Å²) >= 11 is 0. The van der Waals surface area contributed by atoms with E-state index in [4.69, 9.17) is 4.74 Å². The number of anilines is 1. The summed E-state index contributed by atoms with van der Waals surface area (Å²) in [6.45, 7) is 1.76. The van der Waals surface area contributed by atoms with Crippen molar-refractivity contribution in [2.24, 2.45) is 0 Å². The standard InChI is InChI=1S/C23H20N4O5/c1-2-32-23(31)18-14-24-27(15-8-4-3-5-9-15)20(18)25-19(28)12-13-26-21(29)16-10-6-7-11-17(16)22(26)30/h3-11,14H,2,12-13H2,1H3,(H,25,28). The SMILES string of the molecule is CCOC(=O)c1cnn(-c2ccccc2)c1NC(=O)CCN1C(=O)c2ccccc2C1=O. The molecule has 0 fully saturated rings. The predicted molar refractivity (Wildman–Crippen MR) is 115 cm³/mol. The first-order valence-corrected chi connectivity index (χ1v) is 10.1. The lowest BCUT2D eigenvalue weighted by Gasteiger charge is -2.14. The Morgan fingerprint density at radius 2 is 1.59 bits per heavy atom. The van der Waals surface area contributed by atoms with E-state index in [1.54, 1.807) is 55.5 Å². The van der Waals surface area contributed by atoms with E-state index in [0.29, 0.717) is 16.8 Å². The number of aromatic nitrogens is 2. The zero-order valence-corrected chi connectivity index (χ0v) is 17.3. The van der Waals surface area contributed by atoms with Crippen LogP contribution in [-0.4, -0.2) is 51.5 Å². The fourth-order valence-corrected chi connectivity index (χ4v) is 3.44. The number of hydrogen-bond donors (Lipinski definition) is 1. The van der Waals surface area contributed by atoms with Crippen LogP contribution in [-0.2, 0) is 9.53 Å². The molecule has 3 amide bonds. The molecule has 0 atom stereocenters. The van der Waals surface area contributed by atoms with Crippen LogP contribution < -0.4 is 5.32 Å². The smallest absolute Gasteiger partial charge is 0.343 e. The van der Waals surface area contributed by atoms with Gasteiger partial charge in [0.2, 0.25) is 5.91 Å². The van der Waals surface area contributed by atoms with Crippen molar-refractivity contribution < 1.29 is 23.9 Å². The van der Waals surface area contributed by atoms with Gasteiger partial charge in [0.1, 0.15) is 5.56 Å². The number of nitrogens with zero attached hydrogens (tertiary/aromatic N) is 3. The number of para-hydroxylation sites is 1. The van der Waals surface area contributed by atoms with Crippen LogP contribution in [0, 0.1) is 0 Å². The predicted octanol–water partition coefficient (Wildman–Crippen LogP) is 2.67. The van der Waals surface area contributed by atoms with Crippen molar-refractivity contribution in [1.82, 2.24) is 14.7 Å². The number of imide groups is 1. The molecule has 1 aliphatic heterocycles.